The number of methoxy groups -OCH3 is 1. The van der Waals surface area contributed by atoms with Crippen LogP contribution in [0.15, 0.2) is 12.1 Å². The van der Waals surface area contributed by atoms with E-state index in [0.717, 1.165) is 27.8 Å². The first-order valence-corrected chi connectivity index (χ1v) is 4.94. The molecule has 1 heterocycles. The van der Waals surface area contributed by atoms with Crippen LogP contribution in [0.4, 0.5) is 0 Å². The van der Waals surface area contributed by atoms with Crippen LogP contribution in [0.3, 0.4) is 0 Å². The van der Waals surface area contributed by atoms with Gasteiger partial charge in [0, 0.05) is 10.9 Å². The van der Waals surface area contributed by atoms with E-state index in [0.29, 0.717) is 0 Å². The van der Waals surface area contributed by atoms with Gasteiger partial charge in [0.15, 0.2) is 0 Å². The van der Waals surface area contributed by atoms with Crippen LogP contribution in [0.1, 0.15) is 21.6 Å². The van der Waals surface area contributed by atoms with Crippen LogP contribution in [0.2, 0.25) is 0 Å². The highest BCUT2D eigenvalue weighted by Crippen LogP contribution is 2.30. The number of aromatic carboxylic acids is 1. The van der Waals surface area contributed by atoms with Gasteiger partial charge in [-0.05, 0) is 31.5 Å². The Bertz CT molecular complexity index is 569. The van der Waals surface area contributed by atoms with Gasteiger partial charge in [0.25, 0.3) is 0 Å². The molecule has 0 saturated carbocycles. The maximum absolute atomic E-state index is 10.9. The summed E-state index contributed by atoms with van der Waals surface area (Å²) in [5.41, 5.74) is 2.96. The van der Waals surface area contributed by atoms with E-state index in [2.05, 4.69) is 4.98 Å². The molecule has 0 spiro atoms. The average molecular weight is 219 g/mol. The summed E-state index contributed by atoms with van der Waals surface area (Å²) < 4.78 is 5.24. The van der Waals surface area contributed by atoms with Crippen LogP contribution in [0.5, 0.6) is 5.75 Å². The molecule has 0 radical (unpaired) electrons. The van der Waals surface area contributed by atoms with Crippen LogP contribution in [0.25, 0.3) is 10.9 Å². The Morgan fingerprint density at radius 2 is 2.06 bits per heavy atom. The van der Waals surface area contributed by atoms with Crippen molar-refractivity contribution in [3.8, 4) is 5.75 Å². The molecule has 0 aliphatic carbocycles. The summed E-state index contributed by atoms with van der Waals surface area (Å²) >= 11 is 0. The molecule has 1 aromatic carbocycles. The van der Waals surface area contributed by atoms with Gasteiger partial charge in [0.05, 0.1) is 12.6 Å². The molecule has 0 unspecified atom stereocenters. The van der Waals surface area contributed by atoms with Crippen molar-refractivity contribution in [2.24, 2.45) is 0 Å². The molecule has 0 aliphatic rings. The van der Waals surface area contributed by atoms with Crippen LogP contribution < -0.4 is 4.74 Å². The lowest BCUT2D eigenvalue weighted by atomic mass is 10.1. The van der Waals surface area contributed by atoms with Gasteiger partial charge < -0.3 is 14.8 Å². The van der Waals surface area contributed by atoms with Gasteiger partial charge in [0.2, 0.25) is 0 Å². The van der Waals surface area contributed by atoms with Crippen LogP contribution >= 0.6 is 0 Å². The van der Waals surface area contributed by atoms with Gasteiger partial charge in [-0.2, -0.15) is 0 Å². The van der Waals surface area contributed by atoms with Crippen molar-refractivity contribution in [2.45, 2.75) is 13.8 Å². The second-order valence-electron chi connectivity index (χ2n) is 3.80. The number of hydrogen-bond donors (Lipinski definition) is 2. The topological polar surface area (TPSA) is 62.3 Å². The van der Waals surface area contributed by atoms with Gasteiger partial charge in [-0.25, -0.2) is 4.79 Å². The summed E-state index contributed by atoms with van der Waals surface area (Å²) in [6.07, 6.45) is 0. The zero-order chi connectivity index (χ0) is 11.9. The third kappa shape index (κ3) is 1.43. The van der Waals surface area contributed by atoms with Gasteiger partial charge in [-0.15, -0.1) is 0 Å². The highest BCUT2D eigenvalue weighted by atomic mass is 16.5. The van der Waals surface area contributed by atoms with Crippen molar-refractivity contribution >= 4 is 16.9 Å². The molecule has 84 valence electrons. The number of aromatic amines is 1. The molecular formula is C12H13NO3. The van der Waals surface area contributed by atoms with Crippen molar-refractivity contribution in [1.29, 1.82) is 0 Å². The Kier molecular flexibility index (Phi) is 2.34. The van der Waals surface area contributed by atoms with E-state index in [-0.39, 0.29) is 5.69 Å². The number of benzene rings is 1. The molecule has 0 saturated heterocycles. The Morgan fingerprint density at radius 1 is 1.38 bits per heavy atom. The maximum atomic E-state index is 10.9. The van der Waals surface area contributed by atoms with Gasteiger partial charge in [0.1, 0.15) is 11.4 Å². The molecule has 16 heavy (non-hydrogen) atoms. The van der Waals surface area contributed by atoms with Crippen molar-refractivity contribution in [3.63, 3.8) is 0 Å². The smallest absolute Gasteiger partial charge is 0.352 e. The van der Waals surface area contributed by atoms with E-state index in [1.807, 2.05) is 19.9 Å². The molecule has 0 atom stereocenters. The monoisotopic (exact) mass is 219 g/mol. The maximum Gasteiger partial charge on any atom is 0.352 e. The standard InChI is InChI=1S/C12H13NO3/c1-6-4-10(16-3)7(2)11-8(6)5-9(13-11)12(14)15/h4-5,13H,1-3H3,(H,14,15). The Hall–Kier alpha value is -1.97. The molecule has 2 N–H and O–H groups in total. The van der Waals surface area contributed by atoms with E-state index < -0.39 is 5.97 Å². The summed E-state index contributed by atoms with van der Waals surface area (Å²) in [6.45, 7) is 3.84. The third-order valence-corrected chi connectivity index (χ3v) is 2.79. The first-order chi connectivity index (χ1) is 7.54. The molecular weight excluding hydrogens is 206 g/mol. The van der Waals surface area contributed by atoms with E-state index in [9.17, 15) is 4.79 Å². The fraction of sp³-hybridized carbons (Fsp3) is 0.250. The van der Waals surface area contributed by atoms with Crippen LogP contribution in [-0.4, -0.2) is 23.2 Å². The lowest BCUT2D eigenvalue weighted by Gasteiger charge is -2.07. The van der Waals surface area contributed by atoms with E-state index >= 15 is 0 Å². The number of carbonyl (C=O) groups is 1. The number of fused-ring (bicyclic) bond motifs is 1. The lowest BCUT2D eigenvalue weighted by Crippen LogP contribution is -1.95. The Morgan fingerprint density at radius 3 is 2.62 bits per heavy atom. The fourth-order valence-corrected chi connectivity index (χ4v) is 1.89. The summed E-state index contributed by atoms with van der Waals surface area (Å²) in [4.78, 5) is 13.8. The first-order valence-electron chi connectivity index (χ1n) is 4.94. The minimum atomic E-state index is -0.950. The normalized spacial score (nSPS) is 10.7. The van der Waals surface area contributed by atoms with E-state index in [1.54, 1.807) is 13.2 Å². The molecule has 0 aliphatic heterocycles. The minimum absolute atomic E-state index is 0.203. The molecule has 0 bridgehead atoms. The highest BCUT2D eigenvalue weighted by molar-refractivity contribution is 5.96. The number of aromatic nitrogens is 1. The fourth-order valence-electron chi connectivity index (χ4n) is 1.89. The predicted octanol–water partition coefficient (Wildman–Crippen LogP) is 2.49. The van der Waals surface area contributed by atoms with Crippen molar-refractivity contribution in [1.82, 2.24) is 4.98 Å². The number of hydrogen-bond acceptors (Lipinski definition) is 2. The van der Waals surface area contributed by atoms with E-state index in [4.69, 9.17) is 9.84 Å². The third-order valence-electron chi connectivity index (χ3n) is 2.79. The molecule has 0 fully saturated rings. The SMILES string of the molecule is COc1cc(C)c2cc(C(=O)O)[nH]c2c1C. The first kappa shape index (κ1) is 10.5. The summed E-state index contributed by atoms with van der Waals surface area (Å²) in [6, 6.07) is 3.57. The number of ether oxygens (including phenoxy) is 1. The second-order valence-corrected chi connectivity index (χ2v) is 3.80. The lowest BCUT2D eigenvalue weighted by molar-refractivity contribution is 0.0691. The van der Waals surface area contributed by atoms with Gasteiger partial charge >= 0.3 is 5.97 Å². The number of rotatable bonds is 2. The van der Waals surface area contributed by atoms with Gasteiger partial charge in [-0.1, -0.05) is 0 Å². The Balaban J connectivity index is 2.80. The zero-order valence-electron chi connectivity index (χ0n) is 9.42. The van der Waals surface area contributed by atoms with Crippen molar-refractivity contribution < 1.29 is 14.6 Å². The quantitative estimate of drug-likeness (QED) is 0.815. The van der Waals surface area contributed by atoms with Crippen LogP contribution in [0, 0.1) is 13.8 Å². The summed E-state index contributed by atoms with van der Waals surface area (Å²) in [5.74, 6) is -0.183. The minimum Gasteiger partial charge on any atom is -0.496 e. The average Bonchev–Trinajstić information content (AvgIpc) is 2.68. The number of nitrogens with one attached hydrogen (secondary N) is 1. The number of carboxylic acids is 1. The largest absolute Gasteiger partial charge is 0.496 e. The highest BCUT2D eigenvalue weighted by Gasteiger charge is 2.13. The molecule has 4 nitrogen and oxygen atoms in total. The summed E-state index contributed by atoms with van der Waals surface area (Å²) in [7, 11) is 1.61. The number of carboxylic acid groups (broad SMARTS) is 1. The summed E-state index contributed by atoms with van der Waals surface area (Å²) in [5, 5.41) is 9.86. The van der Waals surface area contributed by atoms with Crippen molar-refractivity contribution in [2.75, 3.05) is 7.11 Å². The van der Waals surface area contributed by atoms with Crippen LogP contribution in [-0.2, 0) is 0 Å². The second kappa shape index (κ2) is 3.56. The molecule has 4 heteroatoms. The number of aryl methyl sites for hydroxylation is 2. The van der Waals surface area contributed by atoms with E-state index in [1.165, 1.54) is 0 Å². The van der Waals surface area contributed by atoms with Crippen molar-refractivity contribution in [3.05, 3.63) is 29.0 Å². The molecule has 1 aromatic heterocycles. The molecule has 0 amide bonds. The molecule has 2 rings (SSSR count). The Labute approximate surface area is 92.9 Å². The predicted molar refractivity (Wildman–Crippen MR) is 61.3 cm³/mol. The zero-order valence-corrected chi connectivity index (χ0v) is 9.42. The number of H-pyrrole nitrogens is 1. The van der Waals surface area contributed by atoms with Gasteiger partial charge in [-0.3, -0.25) is 0 Å². The molecule has 2 aromatic rings.